The number of nitro groups is 1. The first kappa shape index (κ1) is 14.9. The monoisotopic (exact) mass is 288 g/mol. The highest BCUT2D eigenvalue weighted by Gasteiger charge is 2.23. The van der Waals surface area contributed by atoms with Crippen molar-refractivity contribution in [2.45, 2.75) is 6.92 Å². The van der Waals surface area contributed by atoms with Crippen molar-refractivity contribution in [2.75, 3.05) is 25.6 Å². The summed E-state index contributed by atoms with van der Waals surface area (Å²) in [5, 5.41) is 13.5. The fourth-order valence-corrected chi connectivity index (χ4v) is 2.15. The van der Waals surface area contributed by atoms with Crippen molar-refractivity contribution < 1.29 is 24.0 Å². The number of hydrogen-bond donors (Lipinski definition) is 1. The standard InChI is InChI=1S/C10H12N2O6S/c1-3-18-8(13)5-11-9-6(12(15)16)4-7(19-9)10(14)17-2/h4,11H,3,5H2,1-2H3. The Kier molecular flexibility index (Phi) is 5.24. The fraction of sp³-hybridized carbons (Fsp3) is 0.400. The maximum absolute atomic E-state index is 11.3. The Balaban J connectivity index is 2.86. The van der Waals surface area contributed by atoms with Gasteiger partial charge < -0.3 is 14.8 Å². The van der Waals surface area contributed by atoms with E-state index < -0.39 is 16.9 Å². The Morgan fingerprint density at radius 1 is 1.53 bits per heavy atom. The molecule has 0 spiro atoms. The van der Waals surface area contributed by atoms with Crippen LogP contribution in [-0.4, -0.2) is 37.1 Å². The number of ether oxygens (including phenoxy) is 2. The minimum Gasteiger partial charge on any atom is -0.465 e. The number of nitrogens with zero attached hydrogens (tertiary/aromatic N) is 1. The zero-order valence-corrected chi connectivity index (χ0v) is 11.1. The molecule has 0 aliphatic heterocycles. The van der Waals surface area contributed by atoms with Gasteiger partial charge in [-0.2, -0.15) is 0 Å². The molecule has 1 aromatic heterocycles. The summed E-state index contributed by atoms with van der Waals surface area (Å²) < 4.78 is 9.16. The molecule has 0 aliphatic rings. The Labute approximate surface area is 112 Å². The van der Waals surface area contributed by atoms with Crippen LogP contribution in [-0.2, 0) is 14.3 Å². The summed E-state index contributed by atoms with van der Waals surface area (Å²) in [5.41, 5.74) is -0.283. The van der Waals surface area contributed by atoms with Crippen molar-refractivity contribution in [3.8, 4) is 0 Å². The van der Waals surface area contributed by atoms with Crippen molar-refractivity contribution in [1.82, 2.24) is 0 Å². The number of carbonyl (C=O) groups is 2. The summed E-state index contributed by atoms with van der Waals surface area (Å²) >= 11 is 0.845. The first-order chi connectivity index (χ1) is 8.99. The van der Waals surface area contributed by atoms with Gasteiger partial charge in [-0.3, -0.25) is 14.9 Å². The highest BCUT2D eigenvalue weighted by Crippen LogP contribution is 2.34. The highest BCUT2D eigenvalue weighted by molar-refractivity contribution is 7.18. The van der Waals surface area contributed by atoms with Gasteiger partial charge >= 0.3 is 17.6 Å². The van der Waals surface area contributed by atoms with Gasteiger partial charge in [0.2, 0.25) is 0 Å². The van der Waals surface area contributed by atoms with E-state index in [1.165, 1.54) is 7.11 Å². The van der Waals surface area contributed by atoms with E-state index in [1.54, 1.807) is 6.92 Å². The van der Waals surface area contributed by atoms with Crippen LogP contribution in [0.4, 0.5) is 10.7 Å². The zero-order chi connectivity index (χ0) is 14.4. The number of hydrogen-bond acceptors (Lipinski definition) is 8. The van der Waals surface area contributed by atoms with E-state index >= 15 is 0 Å². The van der Waals surface area contributed by atoms with Crippen molar-refractivity contribution in [3.63, 3.8) is 0 Å². The van der Waals surface area contributed by atoms with Gasteiger partial charge in [-0.25, -0.2) is 4.79 Å². The van der Waals surface area contributed by atoms with Gasteiger partial charge in [0.15, 0.2) is 5.00 Å². The molecule has 0 unspecified atom stereocenters. The molecule has 0 radical (unpaired) electrons. The van der Waals surface area contributed by atoms with E-state index in [1.807, 2.05) is 0 Å². The number of anilines is 1. The molecule has 0 aromatic carbocycles. The third-order valence-electron chi connectivity index (χ3n) is 1.99. The van der Waals surface area contributed by atoms with E-state index in [4.69, 9.17) is 0 Å². The van der Waals surface area contributed by atoms with Gasteiger partial charge in [0.25, 0.3) is 0 Å². The summed E-state index contributed by atoms with van der Waals surface area (Å²) in [6.07, 6.45) is 0. The van der Waals surface area contributed by atoms with Crippen molar-refractivity contribution in [2.24, 2.45) is 0 Å². The summed E-state index contributed by atoms with van der Waals surface area (Å²) in [7, 11) is 1.18. The number of esters is 2. The van der Waals surface area contributed by atoms with Crippen LogP contribution in [0.15, 0.2) is 6.07 Å². The van der Waals surface area contributed by atoms with Crippen LogP contribution in [0.3, 0.4) is 0 Å². The maximum Gasteiger partial charge on any atom is 0.348 e. The molecule has 1 aromatic rings. The third kappa shape index (κ3) is 3.91. The predicted octanol–water partition coefficient (Wildman–Crippen LogP) is 1.42. The Morgan fingerprint density at radius 3 is 2.74 bits per heavy atom. The molecule has 9 heteroatoms. The smallest absolute Gasteiger partial charge is 0.348 e. The van der Waals surface area contributed by atoms with E-state index in [9.17, 15) is 19.7 Å². The van der Waals surface area contributed by atoms with Gasteiger partial charge in [0.1, 0.15) is 11.4 Å². The first-order valence-corrected chi connectivity index (χ1v) is 6.07. The molecule has 19 heavy (non-hydrogen) atoms. The van der Waals surface area contributed by atoms with Crippen molar-refractivity contribution in [3.05, 3.63) is 21.1 Å². The Bertz CT molecular complexity index is 498. The molecule has 0 aliphatic carbocycles. The Hall–Kier alpha value is -2.16. The van der Waals surface area contributed by atoms with E-state index in [0.717, 1.165) is 17.4 Å². The minimum absolute atomic E-state index is 0.0839. The second-order valence-corrected chi connectivity index (χ2v) is 4.28. The average molecular weight is 288 g/mol. The predicted molar refractivity (Wildman–Crippen MR) is 67.4 cm³/mol. The number of thiophene rings is 1. The average Bonchev–Trinajstić information content (AvgIpc) is 2.80. The molecule has 0 atom stereocenters. The lowest BCUT2D eigenvalue weighted by Gasteiger charge is -2.02. The van der Waals surface area contributed by atoms with Gasteiger partial charge in [0, 0.05) is 6.07 Å². The van der Waals surface area contributed by atoms with Crippen molar-refractivity contribution in [1.29, 1.82) is 0 Å². The van der Waals surface area contributed by atoms with Gasteiger partial charge in [-0.15, -0.1) is 11.3 Å². The lowest BCUT2D eigenvalue weighted by atomic mass is 10.4. The lowest BCUT2D eigenvalue weighted by Crippen LogP contribution is -2.16. The molecule has 0 saturated carbocycles. The van der Waals surface area contributed by atoms with Crippen LogP contribution in [0.5, 0.6) is 0 Å². The summed E-state index contributed by atoms with van der Waals surface area (Å²) in [5.74, 6) is -1.21. The molecule has 0 saturated heterocycles. The Morgan fingerprint density at radius 2 is 2.21 bits per heavy atom. The summed E-state index contributed by atoms with van der Waals surface area (Å²) in [6.45, 7) is 1.66. The lowest BCUT2D eigenvalue weighted by molar-refractivity contribution is -0.383. The normalized spacial score (nSPS) is 9.79. The van der Waals surface area contributed by atoms with Gasteiger partial charge in [0.05, 0.1) is 18.6 Å². The minimum atomic E-state index is -0.669. The van der Waals surface area contributed by atoms with E-state index in [-0.39, 0.29) is 28.7 Å². The van der Waals surface area contributed by atoms with Crippen LogP contribution in [0, 0.1) is 10.1 Å². The number of rotatable bonds is 6. The molecule has 8 nitrogen and oxygen atoms in total. The van der Waals surface area contributed by atoms with Crippen LogP contribution in [0.25, 0.3) is 0 Å². The van der Waals surface area contributed by atoms with Crippen LogP contribution in [0.1, 0.15) is 16.6 Å². The molecular formula is C10H12N2O6S. The molecule has 1 rings (SSSR count). The van der Waals surface area contributed by atoms with E-state index in [2.05, 4.69) is 14.8 Å². The van der Waals surface area contributed by atoms with Crippen LogP contribution >= 0.6 is 11.3 Å². The largest absolute Gasteiger partial charge is 0.465 e. The summed E-state index contributed by atoms with van der Waals surface area (Å²) in [4.78, 5) is 32.7. The molecule has 0 bridgehead atoms. The zero-order valence-electron chi connectivity index (χ0n) is 10.3. The fourth-order valence-electron chi connectivity index (χ4n) is 1.21. The molecule has 1 heterocycles. The maximum atomic E-state index is 11.3. The second kappa shape index (κ2) is 6.69. The SMILES string of the molecule is CCOC(=O)CNc1sc(C(=O)OC)cc1[N+](=O)[O-]. The molecule has 104 valence electrons. The van der Waals surface area contributed by atoms with Crippen molar-refractivity contribution >= 4 is 34.0 Å². The van der Waals surface area contributed by atoms with E-state index in [0.29, 0.717) is 0 Å². The van der Waals surface area contributed by atoms with Gasteiger partial charge in [-0.1, -0.05) is 0 Å². The molecule has 0 fully saturated rings. The number of carbonyl (C=O) groups excluding carboxylic acids is 2. The number of methoxy groups -OCH3 is 1. The topological polar surface area (TPSA) is 108 Å². The summed E-state index contributed by atoms with van der Waals surface area (Å²) in [6, 6.07) is 1.10. The molecular weight excluding hydrogens is 276 g/mol. The molecule has 0 amide bonds. The van der Waals surface area contributed by atoms with Crippen LogP contribution in [0.2, 0.25) is 0 Å². The number of nitrogens with one attached hydrogen (secondary N) is 1. The second-order valence-electron chi connectivity index (χ2n) is 3.23. The first-order valence-electron chi connectivity index (χ1n) is 5.25. The third-order valence-corrected chi connectivity index (χ3v) is 3.06. The van der Waals surface area contributed by atoms with Crippen LogP contribution < -0.4 is 5.32 Å². The molecule has 1 N–H and O–H groups in total. The van der Waals surface area contributed by atoms with Gasteiger partial charge in [-0.05, 0) is 6.92 Å². The highest BCUT2D eigenvalue weighted by atomic mass is 32.1. The quantitative estimate of drug-likeness (QED) is 0.479.